The lowest BCUT2D eigenvalue weighted by Gasteiger charge is -2.09. The van der Waals surface area contributed by atoms with Crippen molar-refractivity contribution in [2.45, 2.75) is 37.6 Å². The van der Waals surface area contributed by atoms with E-state index in [1.165, 1.54) is 18.4 Å². The summed E-state index contributed by atoms with van der Waals surface area (Å²) in [7, 11) is 0. The van der Waals surface area contributed by atoms with Crippen molar-refractivity contribution >= 4 is 0 Å². The van der Waals surface area contributed by atoms with Crippen molar-refractivity contribution in [3.05, 3.63) is 23.8 Å². The van der Waals surface area contributed by atoms with Gasteiger partial charge in [-0.1, -0.05) is 12.1 Å². The number of para-hydroxylation sites is 1. The highest BCUT2D eigenvalue weighted by molar-refractivity contribution is 5.48. The number of rotatable bonds is 4. The van der Waals surface area contributed by atoms with Crippen molar-refractivity contribution in [1.82, 2.24) is 0 Å². The van der Waals surface area contributed by atoms with Crippen molar-refractivity contribution in [1.29, 1.82) is 0 Å². The van der Waals surface area contributed by atoms with E-state index in [-0.39, 0.29) is 5.54 Å². The monoisotopic (exact) mass is 219 g/mol. The second kappa shape index (κ2) is 3.67. The van der Waals surface area contributed by atoms with E-state index in [2.05, 4.69) is 6.07 Å². The maximum absolute atomic E-state index is 6.07. The summed E-state index contributed by atoms with van der Waals surface area (Å²) in [5.74, 6) is 1.82. The number of hydrogen-bond acceptors (Lipinski definition) is 3. The first-order valence-electron chi connectivity index (χ1n) is 5.93. The maximum atomic E-state index is 6.07. The third kappa shape index (κ3) is 1.87. The molecule has 0 atom stereocenters. The van der Waals surface area contributed by atoms with Gasteiger partial charge >= 0.3 is 0 Å². The van der Waals surface area contributed by atoms with Crippen LogP contribution in [0.15, 0.2) is 18.2 Å². The van der Waals surface area contributed by atoms with Gasteiger partial charge in [0.1, 0.15) is 0 Å². The fourth-order valence-corrected chi connectivity index (χ4v) is 2.23. The number of hydrogen-bond donors (Lipinski definition) is 1. The minimum Gasteiger partial charge on any atom is -0.454 e. The molecule has 16 heavy (non-hydrogen) atoms. The highest BCUT2D eigenvalue weighted by Gasteiger charge is 2.37. The van der Waals surface area contributed by atoms with E-state index in [1.54, 1.807) is 0 Å². The first-order chi connectivity index (χ1) is 7.77. The lowest BCUT2D eigenvalue weighted by Crippen LogP contribution is -2.21. The third-order valence-corrected chi connectivity index (χ3v) is 3.49. The van der Waals surface area contributed by atoms with Crippen molar-refractivity contribution < 1.29 is 9.47 Å². The van der Waals surface area contributed by atoms with Gasteiger partial charge in [-0.3, -0.25) is 0 Å². The van der Waals surface area contributed by atoms with E-state index in [9.17, 15) is 0 Å². The molecule has 86 valence electrons. The van der Waals surface area contributed by atoms with Gasteiger partial charge in [0.2, 0.25) is 6.79 Å². The standard InChI is InChI=1S/C13H17NO2/c14-13(7-8-13)6-2-4-10-3-1-5-11-12(10)16-9-15-11/h1,3,5H,2,4,6-9,14H2. The van der Waals surface area contributed by atoms with E-state index < -0.39 is 0 Å². The van der Waals surface area contributed by atoms with Crippen molar-refractivity contribution in [3.8, 4) is 11.5 Å². The molecular formula is C13H17NO2. The summed E-state index contributed by atoms with van der Waals surface area (Å²) in [5.41, 5.74) is 7.48. The average molecular weight is 219 g/mol. The summed E-state index contributed by atoms with van der Waals surface area (Å²) in [6, 6.07) is 6.10. The number of benzene rings is 1. The van der Waals surface area contributed by atoms with E-state index >= 15 is 0 Å². The van der Waals surface area contributed by atoms with Gasteiger partial charge in [-0.15, -0.1) is 0 Å². The quantitative estimate of drug-likeness (QED) is 0.844. The van der Waals surface area contributed by atoms with Crippen LogP contribution in [0, 0.1) is 0 Å². The summed E-state index contributed by atoms with van der Waals surface area (Å²) in [6.07, 6.45) is 5.68. The molecule has 0 saturated heterocycles. The van der Waals surface area contributed by atoms with Crippen molar-refractivity contribution in [3.63, 3.8) is 0 Å². The van der Waals surface area contributed by atoms with Crippen molar-refractivity contribution in [2.24, 2.45) is 5.73 Å². The Morgan fingerprint density at radius 1 is 1.25 bits per heavy atom. The van der Waals surface area contributed by atoms with Crippen LogP contribution in [0.5, 0.6) is 11.5 Å². The summed E-state index contributed by atoms with van der Waals surface area (Å²) in [6.45, 7) is 0.354. The van der Waals surface area contributed by atoms with Crippen LogP contribution < -0.4 is 15.2 Å². The first kappa shape index (κ1) is 9.97. The number of nitrogens with two attached hydrogens (primary N) is 1. The molecule has 0 radical (unpaired) electrons. The van der Waals surface area contributed by atoms with Gasteiger partial charge < -0.3 is 15.2 Å². The molecule has 1 aromatic rings. The molecule has 0 amide bonds. The third-order valence-electron chi connectivity index (χ3n) is 3.49. The molecule has 0 aromatic heterocycles. The van der Waals surface area contributed by atoms with Gasteiger partial charge in [-0.25, -0.2) is 0 Å². The molecule has 1 heterocycles. The normalized spacial score (nSPS) is 19.8. The van der Waals surface area contributed by atoms with Gasteiger partial charge in [0.15, 0.2) is 11.5 Å². The zero-order valence-corrected chi connectivity index (χ0v) is 9.37. The molecule has 0 bridgehead atoms. The van der Waals surface area contributed by atoms with Crippen molar-refractivity contribution in [2.75, 3.05) is 6.79 Å². The van der Waals surface area contributed by atoms with Crippen LogP contribution in [-0.2, 0) is 6.42 Å². The Bertz CT molecular complexity index is 399. The average Bonchev–Trinajstić information content (AvgIpc) is 2.82. The van der Waals surface area contributed by atoms with E-state index in [1.807, 2.05) is 12.1 Å². The summed E-state index contributed by atoms with van der Waals surface area (Å²) in [4.78, 5) is 0. The Hall–Kier alpha value is -1.22. The minimum atomic E-state index is 0.162. The number of ether oxygens (including phenoxy) is 2. The lowest BCUT2D eigenvalue weighted by atomic mass is 10.0. The molecule has 0 unspecified atom stereocenters. The number of fused-ring (bicyclic) bond motifs is 1. The molecule has 2 aliphatic rings. The summed E-state index contributed by atoms with van der Waals surface area (Å²) >= 11 is 0. The molecule has 1 aliphatic heterocycles. The zero-order chi connectivity index (χ0) is 11.0. The van der Waals surface area contributed by atoms with Crippen LogP contribution in [0.2, 0.25) is 0 Å². The van der Waals surface area contributed by atoms with E-state index in [4.69, 9.17) is 15.2 Å². The number of aryl methyl sites for hydroxylation is 1. The molecule has 1 fully saturated rings. The molecule has 1 aliphatic carbocycles. The van der Waals surface area contributed by atoms with Crippen LogP contribution >= 0.6 is 0 Å². The Kier molecular flexibility index (Phi) is 2.28. The molecule has 3 rings (SSSR count). The second-order valence-electron chi connectivity index (χ2n) is 4.87. The zero-order valence-electron chi connectivity index (χ0n) is 9.37. The Labute approximate surface area is 95.5 Å². The van der Waals surface area contributed by atoms with Crippen LogP contribution in [0.25, 0.3) is 0 Å². The molecule has 3 heteroatoms. The SMILES string of the molecule is NC1(CCCc2cccc3c2OCO3)CC1. The molecule has 2 N–H and O–H groups in total. The Morgan fingerprint density at radius 2 is 2.12 bits per heavy atom. The van der Waals surface area contributed by atoms with Gasteiger partial charge in [0.05, 0.1) is 0 Å². The largest absolute Gasteiger partial charge is 0.454 e. The fraction of sp³-hybridized carbons (Fsp3) is 0.538. The predicted molar refractivity (Wildman–Crippen MR) is 61.7 cm³/mol. The summed E-state index contributed by atoms with van der Waals surface area (Å²) in [5, 5.41) is 0. The van der Waals surface area contributed by atoms with Crippen LogP contribution in [0.4, 0.5) is 0 Å². The van der Waals surface area contributed by atoms with E-state index in [0.717, 1.165) is 30.8 Å². The van der Waals surface area contributed by atoms with Crippen LogP contribution in [0.3, 0.4) is 0 Å². The van der Waals surface area contributed by atoms with Gasteiger partial charge in [0, 0.05) is 5.54 Å². The minimum absolute atomic E-state index is 0.162. The second-order valence-corrected chi connectivity index (χ2v) is 4.87. The van der Waals surface area contributed by atoms with Gasteiger partial charge in [0.25, 0.3) is 0 Å². The molecule has 1 saturated carbocycles. The van der Waals surface area contributed by atoms with Gasteiger partial charge in [-0.2, -0.15) is 0 Å². The maximum Gasteiger partial charge on any atom is 0.231 e. The highest BCUT2D eigenvalue weighted by Crippen LogP contribution is 2.39. The van der Waals surface area contributed by atoms with Gasteiger partial charge in [-0.05, 0) is 43.7 Å². The molecular weight excluding hydrogens is 202 g/mol. The fourth-order valence-electron chi connectivity index (χ4n) is 2.23. The van der Waals surface area contributed by atoms with E-state index in [0.29, 0.717) is 6.79 Å². The molecule has 0 spiro atoms. The Morgan fingerprint density at radius 3 is 2.94 bits per heavy atom. The Balaban J connectivity index is 1.63. The molecule has 3 nitrogen and oxygen atoms in total. The van der Waals surface area contributed by atoms with Crippen LogP contribution in [0.1, 0.15) is 31.2 Å². The topological polar surface area (TPSA) is 44.5 Å². The summed E-state index contributed by atoms with van der Waals surface area (Å²) < 4.78 is 10.8. The predicted octanol–water partition coefficient (Wildman–Crippen LogP) is 2.23. The lowest BCUT2D eigenvalue weighted by molar-refractivity contribution is 0.173. The smallest absolute Gasteiger partial charge is 0.231 e. The van der Waals surface area contributed by atoms with Crippen LogP contribution in [-0.4, -0.2) is 12.3 Å². The molecule has 1 aromatic carbocycles. The first-order valence-corrected chi connectivity index (χ1v) is 5.93. The highest BCUT2D eigenvalue weighted by atomic mass is 16.7.